The van der Waals surface area contributed by atoms with Gasteiger partial charge in [-0.05, 0) is 12.1 Å². The quantitative estimate of drug-likeness (QED) is 0.380. The Kier molecular flexibility index (Phi) is 4.90. The zero-order valence-electron chi connectivity index (χ0n) is 5.94. The van der Waals surface area contributed by atoms with Gasteiger partial charge in [-0.25, -0.2) is 4.98 Å². The van der Waals surface area contributed by atoms with Crippen molar-refractivity contribution in [3.8, 4) is 0 Å². The van der Waals surface area contributed by atoms with Crippen LogP contribution in [-0.4, -0.2) is 4.98 Å². The Labute approximate surface area is 87.2 Å². The molecule has 4 heteroatoms. The molecular weight excluding hydrogens is 168 g/mol. The third-order valence-electron chi connectivity index (χ3n) is 0.714. The van der Waals surface area contributed by atoms with E-state index in [0.29, 0.717) is 10.2 Å². The molecule has 0 spiro atoms. The molecule has 0 saturated heterocycles. The third-order valence-corrected chi connectivity index (χ3v) is 1.42. The van der Waals surface area contributed by atoms with Crippen LogP contribution >= 0.6 is 23.2 Å². The van der Waals surface area contributed by atoms with Gasteiger partial charge >= 0.3 is 29.6 Å². The summed E-state index contributed by atoms with van der Waals surface area (Å²) in [7, 11) is 0. The Bertz CT molecular complexity index is 176. The van der Waals surface area contributed by atoms with Gasteiger partial charge in [-0.15, -0.1) is 0 Å². The van der Waals surface area contributed by atoms with E-state index in [1.54, 1.807) is 18.3 Å². The van der Waals surface area contributed by atoms with E-state index in [-0.39, 0.29) is 31.0 Å². The van der Waals surface area contributed by atoms with E-state index in [2.05, 4.69) is 4.98 Å². The van der Waals surface area contributed by atoms with E-state index in [4.69, 9.17) is 23.2 Å². The second kappa shape index (κ2) is 4.53. The topological polar surface area (TPSA) is 12.9 Å². The summed E-state index contributed by atoms with van der Waals surface area (Å²) in [4.78, 5) is 3.71. The fourth-order valence-electron chi connectivity index (χ4n) is 0.366. The maximum absolute atomic E-state index is 5.51. The Hall–Kier alpha value is 0.730. The summed E-state index contributed by atoms with van der Waals surface area (Å²) in [6.45, 7) is 0. The molecular formula is C5H4Cl2NNa. The van der Waals surface area contributed by atoms with Crippen molar-refractivity contribution in [3.05, 3.63) is 28.5 Å². The molecule has 1 heterocycles. The number of nitrogens with zero attached hydrogens (tertiary/aromatic N) is 1. The first kappa shape index (κ1) is 9.73. The molecule has 0 N–H and O–H groups in total. The molecule has 9 heavy (non-hydrogen) atoms. The van der Waals surface area contributed by atoms with Gasteiger partial charge in [0.15, 0.2) is 0 Å². The molecule has 0 atom stereocenters. The van der Waals surface area contributed by atoms with Crippen molar-refractivity contribution in [1.82, 2.24) is 4.98 Å². The Balaban J connectivity index is 0. The number of aromatic nitrogens is 1. The molecule has 0 aliphatic carbocycles. The van der Waals surface area contributed by atoms with Crippen LogP contribution in [0, 0.1) is 0 Å². The number of rotatable bonds is 0. The van der Waals surface area contributed by atoms with E-state index in [9.17, 15) is 0 Å². The molecule has 0 aromatic carbocycles. The molecule has 0 unspecified atom stereocenters. The largest absolute Gasteiger partial charge is 1.00 e. The second-order valence-corrected chi connectivity index (χ2v) is 2.04. The van der Waals surface area contributed by atoms with Gasteiger partial charge < -0.3 is 1.43 Å². The molecule has 1 rings (SSSR count). The summed E-state index contributed by atoms with van der Waals surface area (Å²) in [5.41, 5.74) is 0. The van der Waals surface area contributed by atoms with E-state index in [0.717, 1.165) is 0 Å². The molecule has 0 bridgehead atoms. The molecule has 44 valence electrons. The van der Waals surface area contributed by atoms with Crippen LogP contribution in [0.3, 0.4) is 0 Å². The number of pyridine rings is 1. The van der Waals surface area contributed by atoms with Crippen LogP contribution in [0.2, 0.25) is 10.2 Å². The number of halogens is 2. The predicted molar refractivity (Wildman–Crippen MR) is 35.4 cm³/mol. The summed E-state index contributed by atoms with van der Waals surface area (Å²) >= 11 is 11.0. The van der Waals surface area contributed by atoms with E-state index >= 15 is 0 Å². The zero-order valence-corrected chi connectivity index (χ0v) is 8.45. The first-order chi connectivity index (χ1) is 3.80. The predicted octanol–water partition coefficient (Wildman–Crippen LogP) is -0.495. The molecule has 1 nitrogen and oxygen atoms in total. The first-order valence-electron chi connectivity index (χ1n) is 2.07. The number of hydrogen-bond donors (Lipinski definition) is 0. The molecule has 1 aromatic rings. The van der Waals surface area contributed by atoms with Crippen LogP contribution in [0.5, 0.6) is 0 Å². The van der Waals surface area contributed by atoms with E-state index in [1.165, 1.54) is 0 Å². The summed E-state index contributed by atoms with van der Waals surface area (Å²) in [6, 6.07) is 3.42. The van der Waals surface area contributed by atoms with Crippen LogP contribution < -0.4 is 29.6 Å². The molecule has 1 aromatic heterocycles. The van der Waals surface area contributed by atoms with Crippen LogP contribution in [0.4, 0.5) is 0 Å². The smallest absolute Gasteiger partial charge is 1.00 e. The van der Waals surface area contributed by atoms with Gasteiger partial charge in [0.25, 0.3) is 0 Å². The summed E-state index contributed by atoms with van der Waals surface area (Å²) < 4.78 is 0. The van der Waals surface area contributed by atoms with Gasteiger partial charge in [-0.1, -0.05) is 23.2 Å². The van der Waals surface area contributed by atoms with Gasteiger partial charge in [0.1, 0.15) is 5.15 Å². The SMILES string of the molecule is Clc1cccnc1Cl.[H-].[Na+]. The van der Waals surface area contributed by atoms with Gasteiger partial charge in [0.05, 0.1) is 5.02 Å². The molecule has 0 amide bonds. The third kappa shape index (κ3) is 2.87. The minimum absolute atomic E-state index is 0. The van der Waals surface area contributed by atoms with Crippen LogP contribution in [0.25, 0.3) is 0 Å². The molecule has 0 saturated carbocycles. The van der Waals surface area contributed by atoms with Crippen LogP contribution in [0.15, 0.2) is 18.3 Å². The standard InChI is InChI=1S/C5H3Cl2N.Na.H/c6-4-2-1-3-8-5(4)7;;/h1-3H;;/q;+1;-1. The van der Waals surface area contributed by atoms with Crippen LogP contribution in [0.1, 0.15) is 1.43 Å². The average molecular weight is 172 g/mol. The minimum Gasteiger partial charge on any atom is -1.00 e. The maximum Gasteiger partial charge on any atom is 1.00 e. The summed E-state index contributed by atoms with van der Waals surface area (Å²) in [5.74, 6) is 0. The van der Waals surface area contributed by atoms with Crippen molar-refractivity contribution in [3.63, 3.8) is 0 Å². The fourth-order valence-corrected chi connectivity index (χ4v) is 0.607. The fraction of sp³-hybridized carbons (Fsp3) is 0. The average Bonchev–Trinajstić information content (AvgIpc) is 1.77. The van der Waals surface area contributed by atoms with E-state index < -0.39 is 0 Å². The molecule has 0 radical (unpaired) electrons. The van der Waals surface area contributed by atoms with Gasteiger partial charge in [-0.2, -0.15) is 0 Å². The minimum atomic E-state index is 0. The Morgan fingerprint density at radius 1 is 1.44 bits per heavy atom. The molecule has 0 fully saturated rings. The van der Waals surface area contributed by atoms with E-state index in [1.807, 2.05) is 0 Å². The Morgan fingerprint density at radius 3 is 2.44 bits per heavy atom. The van der Waals surface area contributed by atoms with Crippen LogP contribution in [-0.2, 0) is 0 Å². The molecule has 0 aliphatic heterocycles. The number of hydrogen-bond acceptors (Lipinski definition) is 1. The van der Waals surface area contributed by atoms with Crippen molar-refractivity contribution < 1.29 is 31.0 Å². The Morgan fingerprint density at radius 2 is 2.11 bits per heavy atom. The molecule has 0 aliphatic rings. The second-order valence-electron chi connectivity index (χ2n) is 1.28. The maximum atomic E-state index is 5.51. The summed E-state index contributed by atoms with van der Waals surface area (Å²) in [6.07, 6.45) is 1.59. The van der Waals surface area contributed by atoms with Crippen molar-refractivity contribution in [1.29, 1.82) is 0 Å². The monoisotopic (exact) mass is 171 g/mol. The van der Waals surface area contributed by atoms with Crippen molar-refractivity contribution >= 4 is 23.2 Å². The van der Waals surface area contributed by atoms with Gasteiger partial charge in [0.2, 0.25) is 0 Å². The normalized spacial score (nSPS) is 8.22. The van der Waals surface area contributed by atoms with Crippen molar-refractivity contribution in [2.45, 2.75) is 0 Å². The van der Waals surface area contributed by atoms with Gasteiger partial charge in [0, 0.05) is 6.20 Å². The first-order valence-corrected chi connectivity index (χ1v) is 2.82. The van der Waals surface area contributed by atoms with Crippen molar-refractivity contribution in [2.75, 3.05) is 0 Å². The van der Waals surface area contributed by atoms with Gasteiger partial charge in [-0.3, -0.25) is 0 Å². The summed E-state index contributed by atoms with van der Waals surface area (Å²) in [5, 5.41) is 0.850. The zero-order chi connectivity index (χ0) is 5.98. The van der Waals surface area contributed by atoms with Crippen molar-refractivity contribution in [2.24, 2.45) is 0 Å².